The predicted octanol–water partition coefficient (Wildman–Crippen LogP) is 4.72. The van der Waals surface area contributed by atoms with Gasteiger partial charge in [0, 0.05) is 32.8 Å². The van der Waals surface area contributed by atoms with Gasteiger partial charge in [0.2, 0.25) is 0 Å². The largest absolute Gasteiger partial charge is 0.490 e. The highest BCUT2D eigenvalue weighted by molar-refractivity contribution is 14.1. The molecule has 0 spiro atoms. The molecule has 0 bridgehead atoms. The Hall–Kier alpha value is -1.14. The Morgan fingerprint density at radius 1 is 1.14 bits per heavy atom. The first-order valence-electron chi connectivity index (χ1n) is 6.80. The van der Waals surface area contributed by atoms with Crippen LogP contribution in [0.25, 0.3) is 0 Å². The number of hydrogen-bond donors (Lipinski definition) is 1. The van der Waals surface area contributed by atoms with E-state index in [4.69, 9.17) is 21.1 Å². The van der Waals surface area contributed by atoms with Crippen molar-refractivity contribution in [1.29, 1.82) is 0 Å². The quantitative estimate of drug-likeness (QED) is 0.736. The fourth-order valence-electron chi connectivity index (χ4n) is 2.22. The first-order chi connectivity index (χ1) is 10.2. The maximum atomic E-state index is 5.98. The molecule has 0 saturated carbocycles. The molecule has 0 saturated heterocycles. The van der Waals surface area contributed by atoms with Crippen molar-refractivity contribution in [1.82, 2.24) is 0 Å². The van der Waals surface area contributed by atoms with Crippen LogP contribution >= 0.6 is 34.2 Å². The van der Waals surface area contributed by atoms with Gasteiger partial charge in [-0.1, -0.05) is 23.7 Å². The lowest BCUT2D eigenvalue weighted by atomic mass is 10.1. The summed E-state index contributed by atoms with van der Waals surface area (Å²) >= 11 is 8.25. The highest BCUT2D eigenvalue weighted by Gasteiger charge is 2.14. The fraction of sp³-hybridized carbons (Fsp3) is 0.250. The summed E-state index contributed by atoms with van der Waals surface area (Å²) in [5, 5.41) is 4.17. The zero-order chi connectivity index (χ0) is 14.7. The lowest BCUT2D eigenvalue weighted by Gasteiger charge is -2.14. The summed E-state index contributed by atoms with van der Waals surface area (Å²) in [7, 11) is 0. The summed E-state index contributed by atoms with van der Waals surface area (Å²) in [6.07, 6.45) is 0.913. The number of halogens is 2. The minimum absolute atomic E-state index is 0.685. The molecule has 1 aliphatic rings. The standard InChI is InChI=1S/C16H15ClINO2/c17-12-5-6-14(13(18)9-12)19-10-11-3-1-4-15-16(11)21-8-2-7-20-15/h1,3-6,9,19H,2,7-8,10H2. The average molecular weight is 416 g/mol. The number of rotatable bonds is 3. The minimum Gasteiger partial charge on any atom is -0.490 e. The van der Waals surface area contributed by atoms with Crippen molar-refractivity contribution in [2.75, 3.05) is 18.5 Å². The number of hydrogen-bond acceptors (Lipinski definition) is 3. The molecule has 1 heterocycles. The van der Waals surface area contributed by atoms with E-state index in [0.29, 0.717) is 19.8 Å². The van der Waals surface area contributed by atoms with Crippen LogP contribution < -0.4 is 14.8 Å². The lowest BCUT2D eigenvalue weighted by molar-refractivity contribution is 0.296. The third-order valence-electron chi connectivity index (χ3n) is 3.25. The molecule has 2 aromatic rings. The van der Waals surface area contributed by atoms with Crippen LogP contribution in [0.1, 0.15) is 12.0 Å². The summed E-state index contributed by atoms with van der Waals surface area (Å²) in [4.78, 5) is 0. The van der Waals surface area contributed by atoms with Crippen molar-refractivity contribution in [2.24, 2.45) is 0 Å². The molecule has 1 N–H and O–H groups in total. The molecule has 110 valence electrons. The van der Waals surface area contributed by atoms with Crippen LogP contribution in [0.2, 0.25) is 5.02 Å². The third-order valence-corrected chi connectivity index (χ3v) is 4.38. The fourth-order valence-corrected chi connectivity index (χ4v) is 3.28. The summed E-state index contributed by atoms with van der Waals surface area (Å²) in [6, 6.07) is 11.8. The smallest absolute Gasteiger partial charge is 0.166 e. The molecule has 0 fully saturated rings. The first kappa shape index (κ1) is 14.8. The van der Waals surface area contributed by atoms with Gasteiger partial charge in [-0.3, -0.25) is 0 Å². The van der Waals surface area contributed by atoms with Gasteiger partial charge in [0.1, 0.15) is 0 Å². The van der Waals surface area contributed by atoms with E-state index < -0.39 is 0 Å². The van der Waals surface area contributed by atoms with Gasteiger partial charge >= 0.3 is 0 Å². The topological polar surface area (TPSA) is 30.5 Å². The molecular weight excluding hydrogens is 401 g/mol. The van der Waals surface area contributed by atoms with Crippen LogP contribution in [-0.2, 0) is 6.54 Å². The van der Waals surface area contributed by atoms with Gasteiger partial charge < -0.3 is 14.8 Å². The van der Waals surface area contributed by atoms with Crippen LogP contribution in [0.5, 0.6) is 11.5 Å². The van der Waals surface area contributed by atoms with Gasteiger partial charge in [-0.15, -0.1) is 0 Å². The maximum absolute atomic E-state index is 5.98. The van der Waals surface area contributed by atoms with Crippen LogP contribution in [0.15, 0.2) is 36.4 Å². The summed E-state index contributed by atoms with van der Waals surface area (Å²) < 4.78 is 12.6. The molecule has 0 aliphatic carbocycles. The Morgan fingerprint density at radius 2 is 2.00 bits per heavy atom. The number of fused-ring (bicyclic) bond motifs is 1. The van der Waals surface area contributed by atoms with E-state index in [9.17, 15) is 0 Å². The van der Waals surface area contributed by atoms with E-state index in [0.717, 1.165) is 37.8 Å². The van der Waals surface area contributed by atoms with E-state index in [1.807, 2.05) is 30.3 Å². The van der Waals surface area contributed by atoms with Crippen molar-refractivity contribution in [2.45, 2.75) is 13.0 Å². The van der Waals surface area contributed by atoms with E-state index in [2.05, 4.69) is 34.0 Å². The second-order valence-electron chi connectivity index (χ2n) is 4.77. The molecule has 2 aromatic carbocycles. The van der Waals surface area contributed by atoms with Crippen molar-refractivity contribution in [3.05, 3.63) is 50.6 Å². The molecule has 21 heavy (non-hydrogen) atoms. The Kier molecular flexibility index (Phi) is 4.75. The Balaban J connectivity index is 1.79. The van der Waals surface area contributed by atoms with Crippen molar-refractivity contribution in [3.8, 4) is 11.5 Å². The molecule has 3 nitrogen and oxygen atoms in total. The molecule has 1 aliphatic heterocycles. The van der Waals surface area contributed by atoms with Gasteiger partial charge in [0.15, 0.2) is 11.5 Å². The Bertz CT molecular complexity index is 648. The molecular formula is C16H15ClINO2. The number of para-hydroxylation sites is 1. The summed E-state index contributed by atoms with van der Waals surface area (Å²) in [5.74, 6) is 1.68. The maximum Gasteiger partial charge on any atom is 0.166 e. The minimum atomic E-state index is 0.685. The molecule has 0 atom stereocenters. The van der Waals surface area contributed by atoms with E-state index in [1.54, 1.807) is 0 Å². The molecule has 0 aromatic heterocycles. The van der Waals surface area contributed by atoms with Crippen LogP contribution in [0.3, 0.4) is 0 Å². The van der Waals surface area contributed by atoms with Crippen molar-refractivity contribution >= 4 is 39.9 Å². The number of nitrogens with one attached hydrogen (secondary N) is 1. The predicted molar refractivity (Wildman–Crippen MR) is 93.5 cm³/mol. The second-order valence-corrected chi connectivity index (χ2v) is 6.37. The zero-order valence-electron chi connectivity index (χ0n) is 11.4. The van der Waals surface area contributed by atoms with Crippen LogP contribution in [0.4, 0.5) is 5.69 Å². The van der Waals surface area contributed by atoms with Crippen LogP contribution in [0, 0.1) is 3.57 Å². The first-order valence-corrected chi connectivity index (χ1v) is 8.26. The average Bonchev–Trinajstić information content (AvgIpc) is 2.72. The number of ether oxygens (including phenoxy) is 2. The molecule has 5 heteroatoms. The van der Waals surface area contributed by atoms with E-state index >= 15 is 0 Å². The zero-order valence-corrected chi connectivity index (χ0v) is 14.3. The molecule has 0 radical (unpaired) electrons. The molecule has 3 rings (SSSR count). The van der Waals surface area contributed by atoms with Gasteiger partial charge in [-0.25, -0.2) is 0 Å². The van der Waals surface area contributed by atoms with Crippen molar-refractivity contribution < 1.29 is 9.47 Å². The SMILES string of the molecule is Clc1ccc(NCc2cccc3c2OCCCO3)c(I)c1. The van der Waals surface area contributed by atoms with E-state index in [1.165, 1.54) is 0 Å². The molecule has 0 unspecified atom stereocenters. The normalized spacial score (nSPS) is 13.6. The number of benzene rings is 2. The highest BCUT2D eigenvalue weighted by Crippen LogP contribution is 2.34. The van der Waals surface area contributed by atoms with Gasteiger partial charge in [-0.05, 0) is 46.9 Å². The highest BCUT2D eigenvalue weighted by atomic mass is 127. The second kappa shape index (κ2) is 6.75. The Labute approximate surface area is 142 Å². The third kappa shape index (κ3) is 3.55. The summed E-state index contributed by atoms with van der Waals surface area (Å²) in [6.45, 7) is 2.09. The monoisotopic (exact) mass is 415 g/mol. The van der Waals surface area contributed by atoms with Gasteiger partial charge in [-0.2, -0.15) is 0 Å². The molecule has 0 amide bonds. The Morgan fingerprint density at radius 3 is 2.86 bits per heavy atom. The van der Waals surface area contributed by atoms with Crippen LogP contribution in [-0.4, -0.2) is 13.2 Å². The van der Waals surface area contributed by atoms with Gasteiger partial charge in [0.25, 0.3) is 0 Å². The van der Waals surface area contributed by atoms with Crippen molar-refractivity contribution in [3.63, 3.8) is 0 Å². The van der Waals surface area contributed by atoms with E-state index in [-0.39, 0.29) is 0 Å². The van der Waals surface area contributed by atoms with Gasteiger partial charge in [0.05, 0.1) is 13.2 Å². The number of anilines is 1. The lowest BCUT2D eigenvalue weighted by Crippen LogP contribution is -2.04. The summed E-state index contributed by atoms with van der Waals surface area (Å²) in [5.41, 5.74) is 2.16.